The summed E-state index contributed by atoms with van der Waals surface area (Å²) in [5.74, 6) is 0.597. The van der Waals surface area contributed by atoms with E-state index in [2.05, 4.69) is 72.8 Å². The van der Waals surface area contributed by atoms with Gasteiger partial charge in [-0.15, -0.1) is 0 Å². The number of aromatic nitrogens is 1. The summed E-state index contributed by atoms with van der Waals surface area (Å²) in [5.41, 5.74) is 6.48. The minimum absolute atomic E-state index is 0.597. The van der Waals surface area contributed by atoms with Gasteiger partial charge in [-0.2, -0.15) is 0 Å². The van der Waals surface area contributed by atoms with Gasteiger partial charge in [0.1, 0.15) is 11.2 Å². The molecule has 0 spiro atoms. The summed E-state index contributed by atoms with van der Waals surface area (Å²) in [6, 6.07) is 30.2. The smallest absolute Gasteiger partial charge is 0.144 e. The van der Waals surface area contributed by atoms with Crippen LogP contribution in [0.25, 0.3) is 54.9 Å². The average Bonchev–Trinajstić information content (AvgIpc) is 3.51. The standard InChI is InChI=1S/C30H23NO/c1-2-9-19(8-1)25-18-27(31-26-17-16-20-10-3-4-11-21(20)29(25)26)24-14-7-13-23-22-12-5-6-15-28(22)32-30(23)24/h3-7,10-19H,1-2,8-9H2. The lowest BCUT2D eigenvalue weighted by Crippen LogP contribution is -1.98. The molecule has 0 amide bonds. The van der Waals surface area contributed by atoms with Gasteiger partial charge in [-0.05, 0) is 59.4 Å². The molecule has 154 valence electrons. The molecule has 0 atom stereocenters. The van der Waals surface area contributed by atoms with Crippen LogP contribution in [0.5, 0.6) is 0 Å². The van der Waals surface area contributed by atoms with Crippen molar-refractivity contribution in [1.82, 2.24) is 4.98 Å². The van der Waals surface area contributed by atoms with Gasteiger partial charge in [-0.3, -0.25) is 0 Å². The van der Waals surface area contributed by atoms with E-state index in [1.807, 2.05) is 12.1 Å². The highest BCUT2D eigenvalue weighted by atomic mass is 16.3. The molecule has 32 heavy (non-hydrogen) atoms. The molecule has 4 aromatic carbocycles. The van der Waals surface area contributed by atoms with Crippen molar-refractivity contribution in [2.45, 2.75) is 31.6 Å². The van der Waals surface area contributed by atoms with E-state index in [0.29, 0.717) is 5.92 Å². The van der Waals surface area contributed by atoms with Crippen molar-refractivity contribution in [2.75, 3.05) is 0 Å². The van der Waals surface area contributed by atoms with Gasteiger partial charge in [0.05, 0.1) is 11.2 Å². The van der Waals surface area contributed by atoms with Crippen LogP contribution in [-0.4, -0.2) is 4.98 Å². The van der Waals surface area contributed by atoms with Crippen molar-refractivity contribution in [1.29, 1.82) is 0 Å². The van der Waals surface area contributed by atoms with Crippen molar-refractivity contribution in [3.8, 4) is 11.3 Å². The van der Waals surface area contributed by atoms with Gasteiger partial charge in [-0.25, -0.2) is 4.98 Å². The first-order valence-electron chi connectivity index (χ1n) is 11.6. The Morgan fingerprint density at radius 1 is 0.719 bits per heavy atom. The normalized spacial score (nSPS) is 14.9. The third kappa shape index (κ3) is 2.62. The number of benzene rings is 4. The summed E-state index contributed by atoms with van der Waals surface area (Å²) in [6.07, 6.45) is 5.15. The highest BCUT2D eigenvalue weighted by Gasteiger charge is 2.23. The minimum Gasteiger partial charge on any atom is -0.455 e. The SMILES string of the molecule is c1ccc2c(c1)ccc1nc(-c3cccc4c3oc3ccccc34)cc(C3CCCC3)c12. The number of rotatable bonds is 2. The van der Waals surface area contributed by atoms with Gasteiger partial charge in [0, 0.05) is 21.7 Å². The molecule has 6 aromatic rings. The molecule has 2 aromatic heterocycles. The van der Waals surface area contributed by atoms with Gasteiger partial charge < -0.3 is 4.42 Å². The molecule has 0 bridgehead atoms. The van der Waals surface area contributed by atoms with E-state index < -0.39 is 0 Å². The van der Waals surface area contributed by atoms with Gasteiger partial charge in [0.15, 0.2) is 0 Å². The lowest BCUT2D eigenvalue weighted by Gasteiger charge is -2.17. The molecule has 7 rings (SSSR count). The van der Waals surface area contributed by atoms with E-state index in [0.717, 1.165) is 38.7 Å². The Kier molecular flexibility index (Phi) is 3.89. The molecule has 2 heterocycles. The predicted molar refractivity (Wildman–Crippen MR) is 133 cm³/mol. The highest BCUT2D eigenvalue weighted by Crippen LogP contribution is 2.42. The fourth-order valence-electron chi connectivity index (χ4n) is 5.68. The average molecular weight is 414 g/mol. The van der Waals surface area contributed by atoms with Crippen molar-refractivity contribution in [2.24, 2.45) is 0 Å². The van der Waals surface area contributed by atoms with Crippen LogP contribution in [0.1, 0.15) is 37.2 Å². The molecule has 1 aliphatic carbocycles. The first-order chi connectivity index (χ1) is 15.9. The van der Waals surface area contributed by atoms with E-state index >= 15 is 0 Å². The van der Waals surface area contributed by atoms with Crippen molar-refractivity contribution >= 4 is 43.6 Å². The Morgan fingerprint density at radius 2 is 1.50 bits per heavy atom. The molecule has 0 unspecified atom stereocenters. The first-order valence-corrected chi connectivity index (χ1v) is 11.6. The Labute approximate surface area is 186 Å². The van der Waals surface area contributed by atoms with Crippen molar-refractivity contribution in [3.05, 3.63) is 90.5 Å². The van der Waals surface area contributed by atoms with Crippen LogP contribution in [0, 0.1) is 0 Å². The summed E-state index contributed by atoms with van der Waals surface area (Å²) in [6.45, 7) is 0. The summed E-state index contributed by atoms with van der Waals surface area (Å²) in [4.78, 5) is 5.19. The summed E-state index contributed by atoms with van der Waals surface area (Å²) in [5, 5.41) is 6.24. The fraction of sp³-hybridized carbons (Fsp3) is 0.167. The summed E-state index contributed by atoms with van der Waals surface area (Å²) in [7, 11) is 0. The number of hydrogen-bond acceptors (Lipinski definition) is 2. The van der Waals surface area contributed by atoms with Crippen molar-refractivity contribution < 1.29 is 4.42 Å². The Morgan fingerprint density at radius 3 is 2.41 bits per heavy atom. The molecule has 1 aliphatic rings. The second-order valence-electron chi connectivity index (χ2n) is 9.04. The zero-order valence-corrected chi connectivity index (χ0v) is 17.8. The lowest BCUT2D eigenvalue weighted by atomic mass is 9.90. The van der Waals surface area contributed by atoms with E-state index in [4.69, 9.17) is 9.40 Å². The van der Waals surface area contributed by atoms with Gasteiger partial charge in [0.2, 0.25) is 0 Å². The summed E-state index contributed by atoms with van der Waals surface area (Å²) < 4.78 is 6.35. The zero-order valence-electron chi connectivity index (χ0n) is 17.8. The van der Waals surface area contributed by atoms with Gasteiger partial charge in [0.25, 0.3) is 0 Å². The third-order valence-electron chi connectivity index (χ3n) is 7.20. The van der Waals surface area contributed by atoms with Crippen LogP contribution in [0.3, 0.4) is 0 Å². The monoisotopic (exact) mass is 413 g/mol. The van der Waals surface area contributed by atoms with E-state index in [1.165, 1.54) is 47.4 Å². The molecule has 1 saturated carbocycles. The molecule has 1 fully saturated rings. The molecular weight excluding hydrogens is 390 g/mol. The lowest BCUT2D eigenvalue weighted by molar-refractivity contribution is 0.670. The molecule has 0 radical (unpaired) electrons. The van der Waals surface area contributed by atoms with Crippen LogP contribution in [0.15, 0.2) is 89.3 Å². The quantitative estimate of drug-likeness (QED) is 0.266. The van der Waals surface area contributed by atoms with Gasteiger partial charge >= 0.3 is 0 Å². The van der Waals surface area contributed by atoms with Crippen LogP contribution in [0.4, 0.5) is 0 Å². The second kappa shape index (κ2) is 6.93. The number of furan rings is 1. The third-order valence-corrected chi connectivity index (χ3v) is 7.20. The molecule has 0 N–H and O–H groups in total. The maximum Gasteiger partial charge on any atom is 0.144 e. The van der Waals surface area contributed by atoms with E-state index in [9.17, 15) is 0 Å². The maximum absolute atomic E-state index is 6.35. The predicted octanol–water partition coefficient (Wildman–Crippen LogP) is 8.61. The number of para-hydroxylation sites is 2. The van der Waals surface area contributed by atoms with E-state index in [-0.39, 0.29) is 0 Å². The first kappa shape index (κ1) is 18.0. The Balaban J connectivity index is 1.56. The van der Waals surface area contributed by atoms with Crippen LogP contribution >= 0.6 is 0 Å². The topological polar surface area (TPSA) is 26.0 Å². The fourth-order valence-corrected chi connectivity index (χ4v) is 5.68. The number of nitrogens with zero attached hydrogens (tertiary/aromatic N) is 1. The molecule has 0 saturated heterocycles. The number of pyridine rings is 1. The number of fused-ring (bicyclic) bond motifs is 6. The summed E-state index contributed by atoms with van der Waals surface area (Å²) >= 11 is 0. The van der Waals surface area contributed by atoms with Crippen LogP contribution in [0.2, 0.25) is 0 Å². The van der Waals surface area contributed by atoms with Gasteiger partial charge in [-0.1, -0.05) is 73.5 Å². The zero-order chi connectivity index (χ0) is 21.1. The Bertz CT molecular complexity index is 1640. The molecule has 2 heteroatoms. The van der Waals surface area contributed by atoms with Crippen molar-refractivity contribution in [3.63, 3.8) is 0 Å². The largest absolute Gasteiger partial charge is 0.455 e. The maximum atomic E-state index is 6.35. The Hall–Kier alpha value is -3.65. The van der Waals surface area contributed by atoms with Crippen LogP contribution < -0.4 is 0 Å². The van der Waals surface area contributed by atoms with Crippen LogP contribution in [-0.2, 0) is 0 Å². The minimum atomic E-state index is 0.597. The molecule has 2 nitrogen and oxygen atoms in total. The molecule has 0 aliphatic heterocycles. The molecular formula is C30H23NO. The second-order valence-corrected chi connectivity index (χ2v) is 9.04. The number of hydrogen-bond donors (Lipinski definition) is 0. The van der Waals surface area contributed by atoms with E-state index in [1.54, 1.807) is 0 Å². The highest BCUT2D eigenvalue weighted by molar-refractivity contribution is 6.11.